The van der Waals surface area contributed by atoms with Crippen molar-refractivity contribution in [2.24, 2.45) is 5.84 Å². The Kier molecular flexibility index (Phi) is 3.73. The van der Waals surface area contributed by atoms with Gasteiger partial charge in [-0.15, -0.1) is 0 Å². The molecule has 0 atom stereocenters. The molecule has 1 saturated carbocycles. The van der Waals surface area contributed by atoms with Crippen molar-refractivity contribution in [1.29, 1.82) is 0 Å². The van der Waals surface area contributed by atoms with Crippen LogP contribution in [0.2, 0.25) is 0 Å². The molecule has 1 aliphatic carbocycles. The smallest absolute Gasteiger partial charge is 0.239 e. The van der Waals surface area contributed by atoms with E-state index in [4.69, 9.17) is 5.84 Å². The molecule has 0 saturated heterocycles. The Morgan fingerprint density at radius 2 is 2.29 bits per heavy atom. The van der Waals surface area contributed by atoms with E-state index in [0.717, 1.165) is 17.9 Å². The Morgan fingerprint density at radius 1 is 1.53 bits per heavy atom. The van der Waals surface area contributed by atoms with Crippen LogP contribution in [0.4, 0.5) is 11.8 Å². The standard InChI is InChI=1S/C11H19N5S/c1-8-6-13-10(16-12)15-9(8)14-7-11(17-2)4-3-5-11/h6H,3-5,7,12H2,1-2H3,(H2,13,14,15,16). The summed E-state index contributed by atoms with van der Waals surface area (Å²) >= 11 is 1.95. The molecule has 0 amide bonds. The van der Waals surface area contributed by atoms with Crippen LogP contribution in [0.3, 0.4) is 0 Å². The van der Waals surface area contributed by atoms with Crippen LogP contribution in [-0.4, -0.2) is 27.5 Å². The zero-order valence-corrected chi connectivity index (χ0v) is 11.1. The van der Waals surface area contributed by atoms with Crippen LogP contribution >= 0.6 is 11.8 Å². The van der Waals surface area contributed by atoms with E-state index in [2.05, 4.69) is 27.0 Å². The highest BCUT2D eigenvalue weighted by Gasteiger charge is 2.35. The molecule has 0 radical (unpaired) electrons. The largest absolute Gasteiger partial charge is 0.368 e. The second-order valence-electron chi connectivity index (χ2n) is 4.46. The SMILES string of the molecule is CSC1(CNc2nc(NN)ncc2C)CCC1. The van der Waals surface area contributed by atoms with E-state index in [1.54, 1.807) is 6.20 Å². The summed E-state index contributed by atoms with van der Waals surface area (Å²) in [6.45, 7) is 2.95. The van der Waals surface area contributed by atoms with Gasteiger partial charge in [0.05, 0.1) is 0 Å². The maximum absolute atomic E-state index is 5.31. The third-order valence-electron chi connectivity index (χ3n) is 3.38. The Bertz CT molecular complexity index is 386. The normalized spacial score (nSPS) is 17.4. The zero-order valence-electron chi connectivity index (χ0n) is 10.3. The average molecular weight is 253 g/mol. The number of aryl methyl sites for hydroxylation is 1. The van der Waals surface area contributed by atoms with Crippen LogP contribution in [0.5, 0.6) is 0 Å². The quantitative estimate of drug-likeness (QED) is 0.548. The molecule has 0 unspecified atom stereocenters. The van der Waals surface area contributed by atoms with Crippen LogP contribution in [0.1, 0.15) is 24.8 Å². The number of rotatable bonds is 5. The van der Waals surface area contributed by atoms with Crippen LogP contribution in [-0.2, 0) is 0 Å². The van der Waals surface area contributed by atoms with Gasteiger partial charge in [0, 0.05) is 23.1 Å². The first kappa shape index (κ1) is 12.4. The number of nitrogens with two attached hydrogens (primary N) is 1. The lowest BCUT2D eigenvalue weighted by atomic mass is 9.84. The molecule has 4 N–H and O–H groups in total. The summed E-state index contributed by atoms with van der Waals surface area (Å²) < 4.78 is 0.397. The summed E-state index contributed by atoms with van der Waals surface area (Å²) in [4.78, 5) is 8.38. The molecule has 0 aromatic carbocycles. The van der Waals surface area contributed by atoms with E-state index in [-0.39, 0.29) is 0 Å². The predicted octanol–water partition coefficient (Wildman–Crippen LogP) is 1.77. The highest BCUT2D eigenvalue weighted by Crippen LogP contribution is 2.42. The van der Waals surface area contributed by atoms with Crippen molar-refractivity contribution in [3.8, 4) is 0 Å². The second-order valence-corrected chi connectivity index (χ2v) is 5.74. The summed E-state index contributed by atoms with van der Waals surface area (Å²) in [6.07, 6.45) is 7.86. The number of thioether (sulfide) groups is 1. The number of aromatic nitrogens is 2. The molecular weight excluding hydrogens is 234 g/mol. The molecule has 0 aliphatic heterocycles. The minimum Gasteiger partial charge on any atom is -0.368 e. The molecule has 5 nitrogen and oxygen atoms in total. The monoisotopic (exact) mass is 253 g/mol. The zero-order chi connectivity index (χ0) is 12.3. The summed E-state index contributed by atoms with van der Waals surface area (Å²) in [5, 5.41) is 3.41. The number of nitrogen functional groups attached to an aromatic ring is 1. The fourth-order valence-electron chi connectivity index (χ4n) is 1.96. The molecule has 1 fully saturated rings. The highest BCUT2D eigenvalue weighted by atomic mass is 32.2. The van der Waals surface area contributed by atoms with Crippen LogP contribution < -0.4 is 16.6 Å². The molecule has 2 rings (SSSR count). The molecule has 1 aromatic rings. The molecule has 1 heterocycles. The number of nitrogens with one attached hydrogen (secondary N) is 2. The van der Waals surface area contributed by atoms with Crippen molar-refractivity contribution in [3.63, 3.8) is 0 Å². The fourth-order valence-corrected chi connectivity index (χ4v) is 2.87. The van der Waals surface area contributed by atoms with Crippen LogP contribution in [0.25, 0.3) is 0 Å². The lowest BCUT2D eigenvalue weighted by Gasteiger charge is -2.40. The summed E-state index contributed by atoms with van der Waals surface area (Å²) in [5.41, 5.74) is 3.51. The Hall–Kier alpha value is -1.01. The maximum atomic E-state index is 5.31. The van der Waals surface area contributed by atoms with Gasteiger partial charge in [-0.3, -0.25) is 5.43 Å². The molecule has 94 valence electrons. The van der Waals surface area contributed by atoms with Gasteiger partial charge in [-0.1, -0.05) is 6.42 Å². The van der Waals surface area contributed by atoms with Gasteiger partial charge < -0.3 is 5.32 Å². The Morgan fingerprint density at radius 3 is 2.82 bits per heavy atom. The van der Waals surface area contributed by atoms with Gasteiger partial charge in [-0.25, -0.2) is 10.8 Å². The van der Waals surface area contributed by atoms with E-state index in [9.17, 15) is 0 Å². The van der Waals surface area contributed by atoms with Gasteiger partial charge in [-0.2, -0.15) is 16.7 Å². The molecule has 0 bridgehead atoms. The summed E-state index contributed by atoms with van der Waals surface area (Å²) in [5.74, 6) is 6.63. The van der Waals surface area contributed by atoms with Gasteiger partial charge in [0.1, 0.15) is 5.82 Å². The van der Waals surface area contributed by atoms with E-state index >= 15 is 0 Å². The first-order valence-electron chi connectivity index (χ1n) is 5.78. The number of nitrogens with zero attached hydrogens (tertiary/aromatic N) is 2. The van der Waals surface area contributed by atoms with Crippen LogP contribution in [0.15, 0.2) is 6.20 Å². The van der Waals surface area contributed by atoms with Gasteiger partial charge >= 0.3 is 0 Å². The molecule has 6 heteroatoms. The first-order chi connectivity index (χ1) is 8.19. The third kappa shape index (κ3) is 2.63. The topological polar surface area (TPSA) is 75.9 Å². The maximum Gasteiger partial charge on any atom is 0.239 e. The molecule has 0 spiro atoms. The van der Waals surface area contributed by atoms with Gasteiger partial charge in [0.25, 0.3) is 0 Å². The lowest BCUT2D eigenvalue weighted by molar-refractivity contribution is 0.379. The second kappa shape index (κ2) is 5.10. The van der Waals surface area contributed by atoms with E-state index in [1.807, 2.05) is 18.7 Å². The van der Waals surface area contributed by atoms with Gasteiger partial charge in [0.15, 0.2) is 0 Å². The molecule has 17 heavy (non-hydrogen) atoms. The van der Waals surface area contributed by atoms with Crippen molar-refractivity contribution in [2.45, 2.75) is 30.9 Å². The Balaban J connectivity index is 2.02. The number of hydrogen-bond donors (Lipinski definition) is 3. The van der Waals surface area contributed by atoms with Crippen molar-refractivity contribution in [2.75, 3.05) is 23.5 Å². The van der Waals surface area contributed by atoms with Crippen molar-refractivity contribution < 1.29 is 0 Å². The number of anilines is 2. The molecule has 1 aliphatic rings. The summed E-state index contributed by atoms with van der Waals surface area (Å²) in [7, 11) is 0. The van der Waals surface area contributed by atoms with Crippen molar-refractivity contribution in [1.82, 2.24) is 9.97 Å². The van der Waals surface area contributed by atoms with Crippen molar-refractivity contribution in [3.05, 3.63) is 11.8 Å². The fraction of sp³-hybridized carbons (Fsp3) is 0.636. The first-order valence-corrected chi connectivity index (χ1v) is 7.01. The Labute approximate surface area is 106 Å². The van der Waals surface area contributed by atoms with E-state index < -0.39 is 0 Å². The number of hydrazine groups is 1. The predicted molar refractivity (Wildman–Crippen MR) is 73.2 cm³/mol. The minimum absolute atomic E-state index is 0.397. The van der Waals surface area contributed by atoms with Crippen LogP contribution in [0, 0.1) is 6.92 Å². The molecular formula is C11H19N5S. The van der Waals surface area contributed by atoms with E-state index in [0.29, 0.717) is 10.7 Å². The van der Waals surface area contributed by atoms with Crippen molar-refractivity contribution >= 4 is 23.5 Å². The van der Waals surface area contributed by atoms with Gasteiger partial charge in [0.2, 0.25) is 5.95 Å². The molecule has 1 aromatic heterocycles. The number of hydrogen-bond acceptors (Lipinski definition) is 6. The van der Waals surface area contributed by atoms with E-state index in [1.165, 1.54) is 19.3 Å². The van der Waals surface area contributed by atoms with Gasteiger partial charge in [-0.05, 0) is 26.0 Å². The third-order valence-corrected chi connectivity index (χ3v) is 4.80. The summed E-state index contributed by atoms with van der Waals surface area (Å²) in [6, 6.07) is 0. The average Bonchev–Trinajstić information content (AvgIpc) is 2.30. The highest BCUT2D eigenvalue weighted by molar-refractivity contribution is 8.00. The lowest BCUT2D eigenvalue weighted by Crippen LogP contribution is -2.40. The minimum atomic E-state index is 0.397.